The number of unbranched alkanes of at least 4 members (excludes halogenated alkanes) is 1. The molecular weight excluding hydrogens is 432 g/mol. The minimum Gasteiger partial charge on any atom is -0.481 e. The summed E-state index contributed by atoms with van der Waals surface area (Å²) in [5, 5.41) is 12.0. The van der Waals surface area contributed by atoms with Crippen LogP contribution in [0, 0.1) is 0 Å². The number of hydrogen-bond donors (Lipinski definition) is 2. The molecule has 0 heterocycles. The SMILES string of the molecule is CCCCN(C(=O)Nc1ccc(Sc2cccc(CC(=O)O)c2)cc1)C(C)c1ccccc1. The van der Waals surface area contributed by atoms with Gasteiger partial charge >= 0.3 is 12.0 Å². The Morgan fingerprint density at radius 3 is 2.36 bits per heavy atom. The number of amides is 2. The molecule has 0 aliphatic heterocycles. The normalized spacial score (nSPS) is 11.6. The van der Waals surface area contributed by atoms with Crippen molar-refractivity contribution in [1.82, 2.24) is 4.90 Å². The summed E-state index contributed by atoms with van der Waals surface area (Å²) in [4.78, 5) is 27.9. The lowest BCUT2D eigenvalue weighted by molar-refractivity contribution is -0.136. The van der Waals surface area contributed by atoms with Crippen molar-refractivity contribution >= 4 is 29.4 Å². The van der Waals surface area contributed by atoms with Gasteiger partial charge in [-0.25, -0.2) is 4.79 Å². The zero-order valence-electron chi connectivity index (χ0n) is 19.0. The van der Waals surface area contributed by atoms with Crippen molar-refractivity contribution in [3.05, 3.63) is 90.0 Å². The first-order valence-corrected chi connectivity index (χ1v) is 12.0. The second-order valence-corrected chi connectivity index (χ2v) is 9.06. The fourth-order valence-electron chi connectivity index (χ4n) is 3.54. The molecule has 2 N–H and O–H groups in total. The number of carbonyl (C=O) groups is 2. The van der Waals surface area contributed by atoms with Gasteiger partial charge in [-0.2, -0.15) is 0 Å². The number of aliphatic carboxylic acids is 1. The van der Waals surface area contributed by atoms with Crippen LogP contribution in [0.1, 0.15) is 43.9 Å². The van der Waals surface area contributed by atoms with Crippen molar-refractivity contribution < 1.29 is 14.7 Å². The average Bonchev–Trinajstić information content (AvgIpc) is 2.81. The summed E-state index contributed by atoms with van der Waals surface area (Å²) in [5.74, 6) is -0.841. The van der Waals surface area contributed by atoms with E-state index in [1.165, 1.54) is 0 Å². The van der Waals surface area contributed by atoms with Crippen LogP contribution in [0.25, 0.3) is 0 Å². The van der Waals surface area contributed by atoms with Crippen LogP contribution in [0.5, 0.6) is 0 Å². The minimum absolute atomic E-state index is 0.00923. The van der Waals surface area contributed by atoms with E-state index < -0.39 is 5.97 Å². The van der Waals surface area contributed by atoms with Gasteiger partial charge in [0.15, 0.2) is 0 Å². The third kappa shape index (κ3) is 7.39. The van der Waals surface area contributed by atoms with Crippen LogP contribution in [0.15, 0.2) is 88.7 Å². The van der Waals surface area contributed by atoms with Crippen molar-refractivity contribution in [2.75, 3.05) is 11.9 Å². The lowest BCUT2D eigenvalue weighted by atomic mass is 10.1. The van der Waals surface area contributed by atoms with E-state index in [1.54, 1.807) is 11.8 Å². The molecule has 33 heavy (non-hydrogen) atoms. The highest BCUT2D eigenvalue weighted by Crippen LogP contribution is 2.29. The molecule has 3 aromatic carbocycles. The monoisotopic (exact) mass is 462 g/mol. The van der Waals surface area contributed by atoms with E-state index >= 15 is 0 Å². The van der Waals surface area contributed by atoms with Gasteiger partial charge in [-0.15, -0.1) is 0 Å². The molecule has 0 aliphatic rings. The molecule has 0 aromatic heterocycles. The molecule has 1 atom stereocenters. The largest absolute Gasteiger partial charge is 0.481 e. The van der Waals surface area contributed by atoms with Gasteiger partial charge in [0.05, 0.1) is 12.5 Å². The highest BCUT2D eigenvalue weighted by molar-refractivity contribution is 7.99. The standard InChI is InChI=1S/C27H30N2O3S/c1-3-4-17-29(20(2)22-10-6-5-7-11-22)27(32)28-23-13-15-24(16-14-23)33-25-12-8-9-21(18-25)19-26(30)31/h5-16,18,20H,3-4,17,19H2,1-2H3,(H,28,32)(H,30,31). The maximum Gasteiger partial charge on any atom is 0.322 e. The Morgan fingerprint density at radius 2 is 1.70 bits per heavy atom. The summed E-state index contributed by atoms with van der Waals surface area (Å²) in [5.41, 5.74) is 2.63. The summed E-state index contributed by atoms with van der Waals surface area (Å²) in [6.45, 7) is 4.87. The van der Waals surface area contributed by atoms with Gasteiger partial charge in [-0.1, -0.05) is 67.6 Å². The topological polar surface area (TPSA) is 69.6 Å². The predicted molar refractivity (Wildman–Crippen MR) is 134 cm³/mol. The molecule has 3 aromatic rings. The number of urea groups is 1. The van der Waals surface area contributed by atoms with Gasteiger partial charge in [0.2, 0.25) is 0 Å². The molecule has 0 bridgehead atoms. The molecule has 1 unspecified atom stereocenters. The van der Waals surface area contributed by atoms with E-state index in [0.29, 0.717) is 6.54 Å². The van der Waals surface area contributed by atoms with Crippen molar-refractivity contribution in [2.24, 2.45) is 0 Å². The van der Waals surface area contributed by atoms with Crippen LogP contribution in [-0.4, -0.2) is 28.6 Å². The van der Waals surface area contributed by atoms with Crippen LogP contribution < -0.4 is 5.32 Å². The smallest absolute Gasteiger partial charge is 0.322 e. The van der Waals surface area contributed by atoms with Gasteiger partial charge in [0.25, 0.3) is 0 Å². The number of benzene rings is 3. The second-order valence-electron chi connectivity index (χ2n) is 7.91. The van der Waals surface area contributed by atoms with Crippen LogP contribution in [0.4, 0.5) is 10.5 Å². The Bertz CT molecular complexity index is 1050. The van der Waals surface area contributed by atoms with Crippen molar-refractivity contribution in [1.29, 1.82) is 0 Å². The number of carboxylic acid groups (broad SMARTS) is 1. The number of carbonyl (C=O) groups excluding carboxylic acids is 1. The van der Waals surface area contributed by atoms with Crippen LogP contribution in [0.3, 0.4) is 0 Å². The Balaban J connectivity index is 1.66. The van der Waals surface area contributed by atoms with Crippen LogP contribution in [0.2, 0.25) is 0 Å². The minimum atomic E-state index is -0.841. The van der Waals surface area contributed by atoms with Crippen molar-refractivity contribution in [3.8, 4) is 0 Å². The first-order chi connectivity index (χ1) is 16.0. The highest BCUT2D eigenvalue weighted by Gasteiger charge is 2.21. The lowest BCUT2D eigenvalue weighted by Crippen LogP contribution is -2.37. The van der Waals surface area contributed by atoms with E-state index in [2.05, 4.69) is 19.2 Å². The molecule has 0 radical (unpaired) electrons. The maximum atomic E-state index is 13.1. The predicted octanol–water partition coefficient (Wildman–Crippen LogP) is 6.86. The van der Waals surface area contributed by atoms with Crippen molar-refractivity contribution in [3.63, 3.8) is 0 Å². The number of nitrogens with one attached hydrogen (secondary N) is 1. The average molecular weight is 463 g/mol. The zero-order chi connectivity index (χ0) is 23.6. The highest BCUT2D eigenvalue weighted by atomic mass is 32.2. The van der Waals surface area contributed by atoms with Crippen LogP contribution in [-0.2, 0) is 11.2 Å². The molecule has 172 valence electrons. The fourth-order valence-corrected chi connectivity index (χ4v) is 4.44. The number of hydrogen-bond acceptors (Lipinski definition) is 3. The summed E-state index contributed by atoms with van der Waals surface area (Å²) >= 11 is 1.56. The maximum absolute atomic E-state index is 13.1. The summed E-state index contributed by atoms with van der Waals surface area (Å²) < 4.78 is 0. The molecule has 6 heteroatoms. The Morgan fingerprint density at radius 1 is 0.970 bits per heavy atom. The number of carboxylic acids is 1. The molecule has 3 rings (SSSR count). The fraction of sp³-hybridized carbons (Fsp3) is 0.259. The van der Waals surface area contributed by atoms with Crippen molar-refractivity contribution in [2.45, 2.75) is 48.9 Å². The van der Waals surface area contributed by atoms with Crippen LogP contribution >= 0.6 is 11.8 Å². The first-order valence-electron chi connectivity index (χ1n) is 11.2. The van der Waals surface area contributed by atoms with E-state index in [0.717, 1.165) is 39.4 Å². The molecule has 5 nitrogen and oxygen atoms in total. The van der Waals surface area contributed by atoms with Gasteiger partial charge in [-0.3, -0.25) is 4.79 Å². The van der Waals surface area contributed by atoms with Gasteiger partial charge in [0, 0.05) is 22.0 Å². The van der Waals surface area contributed by atoms with Gasteiger partial charge < -0.3 is 15.3 Å². The third-order valence-corrected chi connectivity index (χ3v) is 6.36. The second kappa shape index (κ2) is 12.1. The quantitative estimate of drug-likeness (QED) is 0.345. The van der Waals surface area contributed by atoms with E-state index in [4.69, 9.17) is 5.11 Å². The summed E-state index contributed by atoms with van der Waals surface area (Å²) in [6, 6.07) is 25.2. The Hall–Kier alpha value is -3.25. The van der Waals surface area contributed by atoms with E-state index in [9.17, 15) is 9.59 Å². The molecular formula is C27H30N2O3S. The van der Waals surface area contributed by atoms with Gasteiger partial charge in [-0.05, 0) is 60.9 Å². The third-order valence-electron chi connectivity index (χ3n) is 5.36. The van der Waals surface area contributed by atoms with E-state index in [-0.39, 0.29) is 18.5 Å². The Kier molecular flexibility index (Phi) is 8.95. The molecule has 0 aliphatic carbocycles. The number of rotatable bonds is 10. The molecule has 0 fully saturated rings. The number of nitrogens with zero attached hydrogens (tertiary/aromatic N) is 1. The first kappa shape index (κ1) is 24.4. The molecule has 2 amide bonds. The molecule has 0 saturated heterocycles. The number of anilines is 1. The molecule has 0 spiro atoms. The summed E-state index contributed by atoms with van der Waals surface area (Å²) in [6.07, 6.45) is 1.97. The molecule has 0 saturated carbocycles. The summed E-state index contributed by atoms with van der Waals surface area (Å²) in [7, 11) is 0. The van der Waals surface area contributed by atoms with E-state index in [1.807, 2.05) is 83.8 Å². The Labute approximate surface area is 199 Å². The zero-order valence-corrected chi connectivity index (χ0v) is 19.8. The lowest BCUT2D eigenvalue weighted by Gasteiger charge is -2.30. The van der Waals surface area contributed by atoms with Gasteiger partial charge in [0.1, 0.15) is 0 Å².